The van der Waals surface area contributed by atoms with Gasteiger partial charge in [0.25, 0.3) is 5.91 Å². The molecule has 3 N–H and O–H groups in total. The number of nitrogens with one attached hydrogen (secondary N) is 3. The first-order chi connectivity index (χ1) is 14.4. The summed E-state index contributed by atoms with van der Waals surface area (Å²) in [5, 5.41) is 6.07. The van der Waals surface area contributed by atoms with Crippen LogP contribution >= 0.6 is 0 Å². The highest BCUT2D eigenvalue weighted by Crippen LogP contribution is 2.54. The Bertz CT molecular complexity index is 975. The molecule has 30 heavy (non-hydrogen) atoms. The van der Waals surface area contributed by atoms with Gasteiger partial charge in [-0.1, -0.05) is 17.7 Å². The number of aryl methyl sites for hydroxylation is 2. The van der Waals surface area contributed by atoms with Gasteiger partial charge < -0.3 is 25.3 Å². The van der Waals surface area contributed by atoms with Crippen molar-refractivity contribution >= 4 is 17.6 Å². The molecule has 3 aliphatic heterocycles. The molecule has 0 radical (unpaired) electrons. The molecule has 3 aliphatic rings. The van der Waals surface area contributed by atoms with E-state index in [-0.39, 0.29) is 35.5 Å². The average Bonchev–Trinajstić information content (AvgIpc) is 3.49. The van der Waals surface area contributed by atoms with Gasteiger partial charge in [0.1, 0.15) is 5.69 Å². The van der Waals surface area contributed by atoms with Gasteiger partial charge in [-0.15, -0.1) is 0 Å². The second-order valence-electron chi connectivity index (χ2n) is 8.83. The molecule has 4 heterocycles. The molecule has 1 aromatic carbocycles. The number of hydrogen-bond donors (Lipinski definition) is 3. The number of amides is 3. The second-order valence-corrected chi connectivity index (χ2v) is 8.83. The number of benzene rings is 1. The topological polar surface area (TPSA) is 99.4 Å². The number of aromatic nitrogens is 2. The van der Waals surface area contributed by atoms with E-state index in [2.05, 4.69) is 26.7 Å². The van der Waals surface area contributed by atoms with Crippen LogP contribution in [0.15, 0.2) is 30.7 Å². The predicted molar refractivity (Wildman–Crippen MR) is 111 cm³/mol. The third-order valence-electron chi connectivity index (χ3n) is 6.94. The van der Waals surface area contributed by atoms with Crippen LogP contribution in [0.1, 0.15) is 34.5 Å². The number of nitrogens with zero attached hydrogens (tertiary/aromatic N) is 2. The Balaban J connectivity index is 1.25. The number of fused-ring (bicyclic) bond motifs is 1. The van der Waals surface area contributed by atoms with E-state index in [1.54, 1.807) is 0 Å². The minimum Gasteiger partial charge on any atom is -0.369 e. The number of hydrogen-bond acceptors (Lipinski definition) is 4. The Morgan fingerprint density at radius 1 is 1.37 bits per heavy atom. The summed E-state index contributed by atoms with van der Waals surface area (Å²) in [6, 6.07) is 5.94. The number of imidazole rings is 1. The minimum atomic E-state index is -0.270. The molecule has 0 unspecified atom stereocenters. The van der Waals surface area contributed by atoms with E-state index in [9.17, 15) is 9.59 Å². The molecule has 2 aromatic rings. The van der Waals surface area contributed by atoms with Crippen LogP contribution < -0.4 is 10.6 Å². The number of aromatic amines is 1. The molecular formula is C22H27N5O3. The van der Waals surface area contributed by atoms with E-state index in [0.29, 0.717) is 25.3 Å². The highest BCUT2D eigenvalue weighted by molar-refractivity contribution is 5.92. The van der Waals surface area contributed by atoms with E-state index in [4.69, 9.17) is 4.74 Å². The van der Waals surface area contributed by atoms with Crippen molar-refractivity contribution in [3.63, 3.8) is 0 Å². The van der Waals surface area contributed by atoms with E-state index in [1.165, 1.54) is 18.1 Å². The smallest absolute Gasteiger partial charge is 0.321 e. The zero-order chi connectivity index (χ0) is 20.9. The molecular weight excluding hydrogens is 382 g/mol. The van der Waals surface area contributed by atoms with Gasteiger partial charge in [0.05, 0.1) is 30.8 Å². The fourth-order valence-electron chi connectivity index (χ4n) is 5.45. The summed E-state index contributed by atoms with van der Waals surface area (Å²) in [6.07, 6.45) is 5.12. The summed E-state index contributed by atoms with van der Waals surface area (Å²) in [4.78, 5) is 33.8. The van der Waals surface area contributed by atoms with Gasteiger partial charge in [-0.25, -0.2) is 9.78 Å². The zero-order valence-electron chi connectivity index (χ0n) is 17.3. The molecule has 158 valence electrons. The highest BCUT2D eigenvalue weighted by atomic mass is 16.5. The Kier molecular flexibility index (Phi) is 4.54. The van der Waals surface area contributed by atoms with Crippen molar-refractivity contribution in [2.24, 2.45) is 11.8 Å². The predicted octanol–water partition coefficient (Wildman–Crippen LogP) is 2.47. The minimum absolute atomic E-state index is 0.0852. The molecule has 0 aliphatic carbocycles. The Hall–Kier alpha value is -2.87. The van der Waals surface area contributed by atoms with Gasteiger partial charge in [0.2, 0.25) is 0 Å². The van der Waals surface area contributed by atoms with Gasteiger partial charge in [0.15, 0.2) is 0 Å². The summed E-state index contributed by atoms with van der Waals surface area (Å²) in [5.41, 5.74) is 3.25. The van der Waals surface area contributed by atoms with Crippen LogP contribution in [-0.2, 0) is 4.74 Å². The third-order valence-corrected chi connectivity index (χ3v) is 6.94. The quantitative estimate of drug-likeness (QED) is 0.722. The molecule has 5 rings (SSSR count). The van der Waals surface area contributed by atoms with Gasteiger partial charge in [-0.2, -0.15) is 0 Å². The fraction of sp³-hybridized carbons (Fsp3) is 0.500. The molecule has 1 spiro atoms. The lowest BCUT2D eigenvalue weighted by Gasteiger charge is -2.29. The average molecular weight is 409 g/mol. The van der Waals surface area contributed by atoms with Crippen LogP contribution in [0, 0.1) is 25.7 Å². The van der Waals surface area contributed by atoms with Crippen molar-refractivity contribution in [1.29, 1.82) is 0 Å². The van der Waals surface area contributed by atoms with Crippen molar-refractivity contribution in [1.82, 2.24) is 20.2 Å². The van der Waals surface area contributed by atoms with Crippen LogP contribution in [0.5, 0.6) is 0 Å². The van der Waals surface area contributed by atoms with E-state index in [0.717, 1.165) is 24.1 Å². The number of rotatable bonds is 4. The van der Waals surface area contributed by atoms with E-state index < -0.39 is 0 Å². The first-order valence-corrected chi connectivity index (χ1v) is 10.5. The number of H-pyrrole nitrogens is 1. The first kappa shape index (κ1) is 19.1. The molecule has 3 saturated heterocycles. The molecule has 1 aromatic heterocycles. The number of carbonyl (C=O) groups excluding carboxylic acids is 2. The first-order valence-electron chi connectivity index (χ1n) is 10.5. The maximum Gasteiger partial charge on any atom is 0.321 e. The molecule has 2 bridgehead atoms. The summed E-state index contributed by atoms with van der Waals surface area (Å²) in [5.74, 6) is 0.291. The van der Waals surface area contributed by atoms with E-state index >= 15 is 0 Å². The Morgan fingerprint density at radius 2 is 2.23 bits per heavy atom. The highest BCUT2D eigenvalue weighted by Gasteiger charge is 2.63. The zero-order valence-corrected chi connectivity index (χ0v) is 17.3. The van der Waals surface area contributed by atoms with Crippen molar-refractivity contribution in [3.05, 3.63) is 47.5 Å². The third kappa shape index (κ3) is 3.15. The number of urea groups is 1. The number of carbonyl (C=O) groups is 2. The Morgan fingerprint density at radius 3 is 3.00 bits per heavy atom. The van der Waals surface area contributed by atoms with Crippen molar-refractivity contribution < 1.29 is 14.3 Å². The van der Waals surface area contributed by atoms with Gasteiger partial charge in [-0.05, 0) is 38.3 Å². The maximum atomic E-state index is 13.0. The van der Waals surface area contributed by atoms with Crippen molar-refractivity contribution in [3.8, 4) is 0 Å². The molecule has 8 nitrogen and oxygen atoms in total. The summed E-state index contributed by atoms with van der Waals surface area (Å²) >= 11 is 0. The second kappa shape index (κ2) is 7.12. The van der Waals surface area contributed by atoms with Gasteiger partial charge in [0, 0.05) is 30.6 Å². The van der Waals surface area contributed by atoms with Crippen LogP contribution in [0.25, 0.3) is 0 Å². The summed E-state index contributed by atoms with van der Waals surface area (Å²) < 4.78 is 6.40. The molecule has 3 amide bonds. The van der Waals surface area contributed by atoms with Crippen molar-refractivity contribution in [2.45, 2.75) is 38.4 Å². The lowest BCUT2D eigenvalue weighted by atomic mass is 9.73. The van der Waals surface area contributed by atoms with E-state index in [1.807, 2.05) is 30.9 Å². The number of likely N-dealkylation sites (tertiary alicyclic amines) is 1. The summed E-state index contributed by atoms with van der Waals surface area (Å²) in [7, 11) is 0. The van der Waals surface area contributed by atoms with Crippen LogP contribution in [-0.4, -0.2) is 58.1 Å². The fourth-order valence-corrected chi connectivity index (χ4v) is 5.45. The lowest BCUT2D eigenvalue weighted by Crippen LogP contribution is -2.42. The normalized spacial score (nSPS) is 29.1. The molecule has 3 fully saturated rings. The number of ether oxygens (including phenoxy) is 1. The molecule has 8 heteroatoms. The summed E-state index contributed by atoms with van der Waals surface area (Å²) in [6.45, 7) is 5.84. The Labute approximate surface area is 175 Å². The largest absolute Gasteiger partial charge is 0.369 e. The van der Waals surface area contributed by atoms with Crippen LogP contribution in [0.3, 0.4) is 0 Å². The molecule has 4 atom stereocenters. The number of anilines is 1. The molecule has 0 saturated carbocycles. The van der Waals surface area contributed by atoms with Gasteiger partial charge >= 0.3 is 6.03 Å². The standard InChI is InChI=1S/C22H27N5O3/c1-13-3-4-17(14(2)7-13)26-21(29)27-10-16-15(19-5-6-22(16,11-27)30-19)8-24-20(28)18-9-23-12-25-18/h3-4,7,9,12,15-16,19H,5-6,8,10-11H2,1-2H3,(H,23,25)(H,24,28)(H,26,29)/t15-,16+,19+,22+/m0/s1. The SMILES string of the molecule is Cc1ccc(NC(=O)N2C[C@@H]3[C@H](CNC(=O)c4cnc[nH]4)[C@H]4CC[C@]3(C2)O4)c(C)c1. The van der Waals surface area contributed by atoms with Gasteiger partial charge in [-0.3, -0.25) is 4.79 Å². The lowest BCUT2D eigenvalue weighted by molar-refractivity contribution is 0.00594. The van der Waals surface area contributed by atoms with Crippen LogP contribution in [0.4, 0.5) is 10.5 Å². The maximum absolute atomic E-state index is 13.0. The van der Waals surface area contributed by atoms with Crippen molar-refractivity contribution in [2.75, 3.05) is 25.0 Å². The monoisotopic (exact) mass is 409 g/mol. The van der Waals surface area contributed by atoms with Crippen LogP contribution in [0.2, 0.25) is 0 Å².